The molecule has 0 atom stereocenters. The fourth-order valence-corrected chi connectivity index (χ4v) is 4.15. The molecular formula is C17H16ClN5O3S2. The van der Waals surface area contributed by atoms with Gasteiger partial charge in [-0.1, -0.05) is 41.9 Å². The third kappa shape index (κ3) is 5.72. The van der Waals surface area contributed by atoms with E-state index in [1.54, 1.807) is 24.3 Å². The predicted octanol–water partition coefficient (Wildman–Crippen LogP) is 3.13. The summed E-state index contributed by atoms with van der Waals surface area (Å²) in [5.41, 5.74) is 1.02. The Labute approximate surface area is 171 Å². The first-order valence-corrected chi connectivity index (χ1v) is 11.1. The molecule has 0 saturated carbocycles. The first kappa shape index (κ1) is 20.2. The van der Waals surface area contributed by atoms with E-state index < -0.39 is 10.0 Å². The molecule has 1 heterocycles. The van der Waals surface area contributed by atoms with Gasteiger partial charge in [0.15, 0.2) is 0 Å². The minimum atomic E-state index is -3.80. The summed E-state index contributed by atoms with van der Waals surface area (Å²) in [6.45, 7) is 0. The van der Waals surface area contributed by atoms with Crippen LogP contribution in [0.15, 0.2) is 59.5 Å². The molecule has 0 spiro atoms. The fourth-order valence-electron chi connectivity index (χ4n) is 2.20. The minimum Gasteiger partial charge on any atom is -0.294 e. The fraction of sp³-hybridized carbons (Fsp3) is 0.118. The highest BCUT2D eigenvalue weighted by molar-refractivity contribution is 7.99. The van der Waals surface area contributed by atoms with E-state index in [-0.39, 0.29) is 28.5 Å². The van der Waals surface area contributed by atoms with Crippen molar-refractivity contribution in [1.29, 1.82) is 0 Å². The van der Waals surface area contributed by atoms with Gasteiger partial charge in [-0.25, -0.2) is 18.2 Å². The van der Waals surface area contributed by atoms with Gasteiger partial charge in [-0.15, -0.1) is 16.9 Å². The van der Waals surface area contributed by atoms with Gasteiger partial charge in [-0.05, 0) is 29.8 Å². The van der Waals surface area contributed by atoms with Crippen LogP contribution < -0.4 is 10.0 Å². The highest BCUT2D eigenvalue weighted by atomic mass is 35.5. The lowest BCUT2D eigenvalue weighted by molar-refractivity contribution is -0.113. The van der Waals surface area contributed by atoms with Crippen molar-refractivity contribution >= 4 is 51.2 Å². The van der Waals surface area contributed by atoms with Gasteiger partial charge in [0.1, 0.15) is 0 Å². The maximum Gasteiger partial charge on any atom is 0.264 e. The largest absolute Gasteiger partial charge is 0.294 e. The van der Waals surface area contributed by atoms with Crippen LogP contribution in [0.4, 0.5) is 11.9 Å². The predicted molar refractivity (Wildman–Crippen MR) is 110 cm³/mol. The summed E-state index contributed by atoms with van der Waals surface area (Å²) in [5, 5.41) is 9.42. The van der Waals surface area contributed by atoms with E-state index >= 15 is 0 Å². The summed E-state index contributed by atoms with van der Waals surface area (Å²) >= 11 is 7.34. The summed E-state index contributed by atoms with van der Waals surface area (Å²) in [4.78, 5) is 16.0. The van der Waals surface area contributed by atoms with Crippen LogP contribution in [-0.2, 0) is 20.6 Å². The number of amides is 1. The SMILES string of the molecule is O=C(CSCc1cccc(Cl)c1)Nc1nc(NS(=O)(=O)c2ccccc2)n[nH]1. The van der Waals surface area contributed by atoms with Crippen molar-refractivity contribution in [2.45, 2.75) is 10.6 Å². The van der Waals surface area contributed by atoms with E-state index in [1.165, 1.54) is 23.9 Å². The lowest BCUT2D eigenvalue weighted by Gasteiger charge is -2.04. The van der Waals surface area contributed by atoms with Gasteiger partial charge in [-0.2, -0.15) is 4.98 Å². The normalized spacial score (nSPS) is 11.2. The summed E-state index contributed by atoms with van der Waals surface area (Å²) < 4.78 is 26.7. The van der Waals surface area contributed by atoms with Crippen LogP contribution in [-0.4, -0.2) is 35.3 Å². The zero-order valence-corrected chi connectivity index (χ0v) is 16.8. The number of aromatic amines is 1. The highest BCUT2D eigenvalue weighted by Crippen LogP contribution is 2.17. The second kappa shape index (κ2) is 9.09. The van der Waals surface area contributed by atoms with Crippen LogP contribution in [0.5, 0.6) is 0 Å². The molecule has 0 aliphatic rings. The number of hydrogen-bond donors (Lipinski definition) is 3. The Morgan fingerprint density at radius 2 is 1.93 bits per heavy atom. The average Bonchev–Trinajstić information content (AvgIpc) is 3.08. The van der Waals surface area contributed by atoms with Gasteiger partial charge in [0, 0.05) is 10.8 Å². The summed E-state index contributed by atoms with van der Waals surface area (Å²) in [6.07, 6.45) is 0. The molecule has 0 aliphatic heterocycles. The molecule has 0 unspecified atom stereocenters. The number of halogens is 1. The van der Waals surface area contributed by atoms with E-state index in [9.17, 15) is 13.2 Å². The monoisotopic (exact) mass is 437 g/mol. The van der Waals surface area contributed by atoms with E-state index in [0.29, 0.717) is 10.8 Å². The molecule has 0 fully saturated rings. The second-order valence-corrected chi connectivity index (χ2v) is 8.70. The Bertz CT molecular complexity index is 1060. The molecule has 8 nitrogen and oxygen atoms in total. The summed E-state index contributed by atoms with van der Waals surface area (Å²) in [6, 6.07) is 15.2. The average molecular weight is 438 g/mol. The van der Waals surface area contributed by atoms with Crippen LogP contribution in [0, 0.1) is 0 Å². The number of rotatable bonds is 8. The standard InChI is InChI=1S/C17H16ClN5O3S2/c18-13-6-4-5-12(9-13)10-27-11-15(24)19-16-20-17(22-21-16)23-28(25,26)14-7-2-1-3-8-14/h1-9H,10-11H2,(H3,19,20,21,22,23,24). The molecule has 11 heteroatoms. The lowest BCUT2D eigenvalue weighted by Crippen LogP contribution is -2.16. The second-order valence-electron chi connectivity index (χ2n) is 5.60. The first-order chi connectivity index (χ1) is 13.4. The number of benzene rings is 2. The third-order valence-electron chi connectivity index (χ3n) is 3.41. The summed E-state index contributed by atoms with van der Waals surface area (Å²) in [5.74, 6) is 0.427. The van der Waals surface area contributed by atoms with Crippen molar-refractivity contribution in [2.24, 2.45) is 0 Å². The zero-order valence-electron chi connectivity index (χ0n) is 14.4. The molecule has 0 bridgehead atoms. The first-order valence-electron chi connectivity index (χ1n) is 8.05. The molecular weight excluding hydrogens is 422 g/mol. The molecule has 2 aromatic carbocycles. The Morgan fingerprint density at radius 3 is 2.68 bits per heavy atom. The number of anilines is 2. The van der Waals surface area contributed by atoms with Gasteiger partial charge in [-0.3, -0.25) is 10.1 Å². The zero-order chi connectivity index (χ0) is 20.0. The molecule has 0 radical (unpaired) electrons. The van der Waals surface area contributed by atoms with Gasteiger partial charge < -0.3 is 0 Å². The topological polar surface area (TPSA) is 117 Å². The molecule has 1 aromatic heterocycles. The van der Waals surface area contributed by atoms with Crippen molar-refractivity contribution in [3.05, 3.63) is 65.2 Å². The quantitative estimate of drug-likeness (QED) is 0.498. The van der Waals surface area contributed by atoms with Crippen LogP contribution >= 0.6 is 23.4 Å². The molecule has 3 aromatic rings. The number of hydrogen-bond acceptors (Lipinski definition) is 6. The summed E-state index contributed by atoms with van der Waals surface area (Å²) in [7, 11) is -3.80. The number of nitrogens with one attached hydrogen (secondary N) is 3. The van der Waals surface area contributed by atoms with Crippen molar-refractivity contribution in [2.75, 3.05) is 15.8 Å². The van der Waals surface area contributed by atoms with Gasteiger partial charge >= 0.3 is 0 Å². The van der Waals surface area contributed by atoms with Crippen LogP contribution in [0.25, 0.3) is 0 Å². The van der Waals surface area contributed by atoms with Gasteiger partial charge in [0.2, 0.25) is 11.9 Å². The van der Waals surface area contributed by atoms with E-state index in [0.717, 1.165) is 5.56 Å². The Balaban J connectivity index is 1.50. The molecule has 28 heavy (non-hydrogen) atoms. The smallest absolute Gasteiger partial charge is 0.264 e. The molecule has 0 saturated heterocycles. The van der Waals surface area contributed by atoms with Crippen LogP contribution in [0.1, 0.15) is 5.56 Å². The Kier molecular flexibility index (Phi) is 6.55. The Hall–Kier alpha value is -2.56. The number of thioether (sulfide) groups is 1. The Morgan fingerprint density at radius 1 is 1.14 bits per heavy atom. The number of aromatic nitrogens is 3. The minimum absolute atomic E-state index is 0.0547. The third-order valence-corrected chi connectivity index (χ3v) is 6.00. The van der Waals surface area contributed by atoms with Crippen LogP contribution in [0.3, 0.4) is 0 Å². The number of nitrogens with zero attached hydrogens (tertiary/aromatic N) is 2. The van der Waals surface area contributed by atoms with E-state index in [2.05, 4.69) is 25.2 Å². The molecule has 3 N–H and O–H groups in total. The van der Waals surface area contributed by atoms with E-state index in [4.69, 9.17) is 11.6 Å². The van der Waals surface area contributed by atoms with Crippen molar-refractivity contribution in [3.63, 3.8) is 0 Å². The lowest BCUT2D eigenvalue weighted by atomic mass is 10.2. The van der Waals surface area contributed by atoms with Gasteiger partial charge in [0.25, 0.3) is 16.0 Å². The number of sulfonamides is 1. The van der Waals surface area contributed by atoms with Crippen LogP contribution in [0.2, 0.25) is 5.02 Å². The number of carbonyl (C=O) groups is 1. The van der Waals surface area contributed by atoms with Crippen molar-refractivity contribution < 1.29 is 13.2 Å². The molecule has 146 valence electrons. The van der Waals surface area contributed by atoms with E-state index in [1.807, 2.05) is 18.2 Å². The maximum absolute atomic E-state index is 12.2. The molecule has 1 amide bonds. The number of carbonyl (C=O) groups excluding carboxylic acids is 1. The highest BCUT2D eigenvalue weighted by Gasteiger charge is 2.16. The van der Waals surface area contributed by atoms with Crippen molar-refractivity contribution in [1.82, 2.24) is 15.2 Å². The molecule has 3 rings (SSSR count). The maximum atomic E-state index is 12.2. The number of H-pyrrole nitrogens is 1. The van der Waals surface area contributed by atoms with Crippen molar-refractivity contribution in [3.8, 4) is 0 Å². The molecule has 0 aliphatic carbocycles. The van der Waals surface area contributed by atoms with Gasteiger partial charge in [0.05, 0.1) is 10.6 Å².